The summed E-state index contributed by atoms with van der Waals surface area (Å²) in [4.78, 5) is 43.3. The SMILES string of the molecule is CCNC(=O)CN1CCCN(C(=O)C2CCCN2C(=O)C(C)(C)C)CC1. The van der Waals surface area contributed by atoms with E-state index in [0.29, 0.717) is 39.3 Å². The molecule has 0 saturated carbocycles. The lowest BCUT2D eigenvalue weighted by Gasteiger charge is -2.33. The normalized spacial score (nSPS) is 22.2. The number of likely N-dealkylation sites (tertiary alicyclic amines) is 1. The Morgan fingerprint density at radius 3 is 2.38 bits per heavy atom. The molecular weight excluding hydrogens is 332 g/mol. The van der Waals surface area contributed by atoms with Crippen molar-refractivity contribution in [1.82, 2.24) is 20.0 Å². The maximum atomic E-state index is 13.1. The number of likely N-dealkylation sites (N-methyl/N-ethyl adjacent to an activating group) is 1. The van der Waals surface area contributed by atoms with Crippen LogP contribution in [0.1, 0.15) is 47.0 Å². The van der Waals surface area contributed by atoms with Gasteiger partial charge in [0, 0.05) is 44.7 Å². The number of nitrogens with one attached hydrogen (secondary N) is 1. The molecule has 0 aromatic rings. The van der Waals surface area contributed by atoms with Gasteiger partial charge in [0.2, 0.25) is 17.7 Å². The molecule has 2 rings (SSSR count). The van der Waals surface area contributed by atoms with Crippen molar-refractivity contribution in [2.75, 3.05) is 45.8 Å². The van der Waals surface area contributed by atoms with Crippen LogP contribution in [0.5, 0.6) is 0 Å². The van der Waals surface area contributed by atoms with Crippen molar-refractivity contribution < 1.29 is 14.4 Å². The summed E-state index contributed by atoms with van der Waals surface area (Å²) in [5.74, 6) is 0.158. The average molecular weight is 367 g/mol. The summed E-state index contributed by atoms with van der Waals surface area (Å²) < 4.78 is 0. The number of hydrogen-bond donors (Lipinski definition) is 1. The Hall–Kier alpha value is -1.63. The van der Waals surface area contributed by atoms with E-state index in [9.17, 15) is 14.4 Å². The van der Waals surface area contributed by atoms with Gasteiger partial charge in [-0.1, -0.05) is 20.8 Å². The molecule has 0 aromatic carbocycles. The van der Waals surface area contributed by atoms with E-state index in [1.54, 1.807) is 4.90 Å². The third-order valence-electron chi connectivity index (χ3n) is 5.08. The Balaban J connectivity index is 1.95. The zero-order valence-electron chi connectivity index (χ0n) is 16.7. The Bertz CT molecular complexity index is 529. The van der Waals surface area contributed by atoms with E-state index in [2.05, 4.69) is 10.2 Å². The van der Waals surface area contributed by atoms with E-state index in [1.165, 1.54) is 0 Å². The first-order valence-corrected chi connectivity index (χ1v) is 9.83. The molecule has 26 heavy (non-hydrogen) atoms. The van der Waals surface area contributed by atoms with Crippen LogP contribution in [0, 0.1) is 5.41 Å². The number of hydrogen-bond acceptors (Lipinski definition) is 4. The van der Waals surface area contributed by atoms with Gasteiger partial charge in [-0.2, -0.15) is 0 Å². The van der Waals surface area contributed by atoms with Crippen LogP contribution in [0.2, 0.25) is 0 Å². The first kappa shape index (κ1) is 20.7. The maximum absolute atomic E-state index is 13.1. The van der Waals surface area contributed by atoms with Crippen molar-refractivity contribution in [3.63, 3.8) is 0 Å². The Labute approximate surface area is 157 Å². The molecule has 0 aliphatic carbocycles. The van der Waals surface area contributed by atoms with Gasteiger partial charge >= 0.3 is 0 Å². The van der Waals surface area contributed by atoms with Crippen molar-refractivity contribution >= 4 is 17.7 Å². The smallest absolute Gasteiger partial charge is 0.245 e. The number of nitrogens with zero attached hydrogens (tertiary/aromatic N) is 3. The second-order valence-corrected chi connectivity index (χ2v) is 8.32. The van der Waals surface area contributed by atoms with Crippen molar-refractivity contribution in [3.05, 3.63) is 0 Å². The van der Waals surface area contributed by atoms with Gasteiger partial charge in [0.1, 0.15) is 6.04 Å². The fraction of sp³-hybridized carbons (Fsp3) is 0.842. The van der Waals surface area contributed by atoms with Gasteiger partial charge in [0.25, 0.3) is 0 Å². The highest BCUT2D eigenvalue weighted by Gasteiger charge is 2.40. The molecule has 2 saturated heterocycles. The maximum Gasteiger partial charge on any atom is 0.245 e. The molecule has 7 nitrogen and oxygen atoms in total. The summed E-state index contributed by atoms with van der Waals surface area (Å²) in [6.45, 7) is 12.1. The van der Waals surface area contributed by atoms with Gasteiger partial charge in [-0.25, -0.2) is 0 Å². The molecule has 1 atom stereocenters. The molecule has 2 aliphatic rings. The number of amides is 3. The molecular formula is C19H34N4O3. The molecule has 0 radical (unpaired) electrons. The molecule has 7 heteroatoms. The van der Waals surface area contributed by atoms with E-state index in [-0.39, 0.29) is 23.8 Å². The standard InChI is InChI=1S/C19H34N4O3/c1-5-20-16(24)14-21-9-7-10-22(13-12-21)17(25)15-8-6-11-23(15)18(26)19(2,3)4/h15H,5-14H2,1-4H3,(H,20,24). The highest BCUT2D eigenvalue weighted by Crippen LogP contribution is 2.26. The Morgan fingerprint density at radius 2 is 1.73 bits per heavy atom. The molecule has 2 aliphatic heterocycles. The molecule has 0 aromatic heterocycles. The molecule has 1 N–H and O–H groups in total. The van der Waals surface area contributed by atoms with Crippen LogP contribution in [0.25, 0.3) is 0 Å². The predicted molar refractivity (Wildman–Crippen MR) is 101 cm³/mol. The van der Waals surface area contributed by atoms with Gasteiger partial charge in [-0.15, -0.1) is 0 Å². The van der Waals surface area contributed by atoms with Gasteiger partial charge in [0.15, 0.2) is 0 Å². The first-order chi connectivity index (χ1) is 12.2. The second-order valence-electron chi connectivity index (χ2n) is 8.32. The molecule has 2 fully saturated rings. The number of carbonyl (C=O) groups excluding carboxylic acids is 3. The summed E-state index contributed by atoms with van der Waals surface area (Å²) in [7, 11) is 0. The van der Waals surface area contributed by atoms with Gasteiger partial charge in [0.05, 0.1) is 6.54 Å². The largest absolute Gasteiger partial charge is 0.355 e. The third kappa shape index (κ3) is 5.19. The van der Waals surface area contributed by atoms with Gasteiger partial charge in [-0.05, 0) is 26.2 Å². The minimum Gasteiger partial charge on any atom is -0.355 e. The number of rotatable bonds is 4. The van der Waals surface area contributed by atoms with Gasteiger partial charge in [-0.3, -0.25) is 19.3 Å². The molecule has 3 amide bonds. The van der Waals surface area contributed by atoms with Crippen LogP contribution in [-0.2, 0) is 14.4 Å². The lowest BCUT2D eigenvalue weighted by atomic mass is 9.94. The Morgan fingerprint density at radius 1 is 1.00 bits per heavy atom. The quantitative estimate of drug-likeness (QED) is 0.795. The van der Waals surface area contributed by atoms with Crippen molar-refractivity contribution in [3.8, 4) is 0 Å². The lowest BCUT2D eigenvalue weighted by Crippen LogP contribution is -2.51. The van der Waals surface area contributed by atoms with Crippen molar-refractivity contribution in [1.29, 1.82) is 0 Å². The third-order valence-corrected chi connectivity index (χ3v) is 5.08. The van der Waals surface area contributed by atoms with E-state index in [4.69, 9.17) is 0 Å². The van der Waals surface area contributed by atoms with Crippen molar-refractivity contribution in [2.45, 2.75) is 53.0 Å². The topological polar surface area (TPSA) is 73.0 Å². The summed E-state index contributed by atoms with van der Waals surface area (Å²) in [6, 6.07) is -0.323. The average Bonchev–Trinajstić information content (AvgIpc) is 2.93. The van der Waals surface area contributed by atoms with Crippen LogP contribution in [0.3, 0.4) is 0 Å². The van der Waals surface area contributed by atoms with Crippen LogP contribution in [0.15, 0.2) is 0 Å². The number of carbonyl (C=O) groups is 3. The molecule has 0 bridgehead atoms. The summed E-state index contributed by atoms with van der Waals surface area (Å²) in [5, 5.41) is 2.82. The fourth-order valence-corrected chi connectivity index (χ4v) is 3.71. The fourth-order valence-electron chi connectivity index (χ4n) is 3.71. The van der Waals surface area contributed by atoms with Crippen LogP contribution < -0.4 is 5.32 Å². The zero-order chi connectivity index (χ0) is 19.3. The van der Waals surface area contributed by atoms with Crippen LogP contribution >= 0.6 is 0 Å². The minimum absolute atomic E-state index is 0.0324. The highest BCUT2D eigenvalue weighted by atomic mass is 16.2. The highest BCUT2D eigenvalue weighted by molar-refractivity contribution is 5.90. The Kier molecular flexibility index (Phi) is 7.03. The second kappa shape index (κ2) is 8.84. The van der Waals surface area contributed by atoms with E-state index in [1.807, 2.05) is 32.6 Å². The van der Waals surface area contributed by atoms with E-state index >= 15 is 0 Å². The monoisotopic (exact) mass is 366 g/mol. The van der Waals surface area contributed by atoms with Crippen LogP contribution in [0.4, 0.5) is 0 Å². The molecule has 0 spiro atoms. The zero-order valence-corrected chi connectivity index (χ0v) is 16.7. The van der Waals surface area contributed by atoms with Crippen LogP contribution in [-0.4, -0.2) is 84.3 Å². The van der Waals surface area contributed by atoms with E-state index < -0.39 is 5.41 Å². The summed E-state index contributed by atoms with van der Waals surface area (Å²) in [6.07, 6.45) is 2.49. The molecule has 1 unspecified atom stereocenters. The first-order valence-electron chi connectivity index (χ1n) is 9.83. The molecule has 148 valence electrons. The van der Waals surface area contributed by atoms with E-state index in [0.717, 1.165) is 25.8 Å². The summed E-state index contributed by atoms with van der Waals surface area (Å²) >= 11 is 0. The minimum atomic E-state index is -0.467. The summed E-state index contributed by atoms with van der Waals surface area (Å²) in [5.41, 5.74) is -0.467. The molecule has 2 heterocycles. The van der Waals surface area contributed by atoms with Crippen molar-refractivity contribution in [2.24, 2.45) is 5.41 Å². The lowest BCUT2D eigenvalue weighted by molar-refractivity contribution is -0.148. The predicted octanol–water partition coefficient (Wildman–Crippen LogP) is 0.694. The van der Waals surface area contributed by atoms with Gasteiger partial charge < -0.3 is 15.1 Å².